The first-order valence-corrected chi connectivity index (χ1v) is 8.05. The molecule has 0 unspecified atom stereocenters. The van der Waals surface area contributed by atoms with Crippen LogP contribution in [0.5, 0.6) is 0 Å². The van der Waals surface area contributed by atoms with Gasteiger partial charge in [-0.3, -0.25) is 0 Å². The quantitative estimate of drug-likeness (QED) is 0.698. The lowest BCUT2D eigenvalue weighted by Crippen LogP contribution is -2.46. The van der Waals surface area contributed by atoms with Gasteiger partial charge in [0.1, 0.15) is 0 Å². The lowest BCUT2D eigenvalue weighted by atomic mass is 9.72. The van der Waals surface area contributed by atoms with Crippen LogP contribution in [0.4, 0.5) is 5.69 Å². The molecular weight excluding hydrogens is 230 g/mol. The van der Waals surface area contributed by atoms with Crippen LogP contribution in [0.1, 0.15) is 57.9 Å². The lowest BCUT2D eigenvalue weighted by molar-refractivity contribution is 0.231. The van der Waals surface area contributed by atoms with Crippen molar-refractivity contribution in [1.82, 2.24) is 0 Å². The molecule has 0 N–H and O–H groups in total. The van der Waals surface area contributed by atoms with Crippen molar-refractivity contribution in [2.24, 2.45) is 5.41 Å². The van der Waals surface area contributed by atoms with Gasteiger partial charge in [-0.2, -0.15) is 0 Å². The molecule has 1 fully saturated rings. The Morgan fingerprint density at radius 1 is 1.00 bits per heavy atom. The van der Waals surface area contributed by atoms with E-state index in [9.17, 15) is 0 Å². The summed E-state index contributed by atoms with van der Waals surface area (Å²) < 4.78 is 0. The molecule has 19 heavy (non-hydrogen) atoms. The molecule has 0 saturated heterocycles. The fourth-order valence-electron chi connectivity index (χ4n) is 4.12. The van der Waals surface area contributed by atoms with Crippen LogP contribution >= 0.6 is 0 Å². The molecule has 1 aromatic rings. The Morgan fingerprint density at radius 2 is 1.68 bits per heavy atom. The van der Waals surface area contributed by atoms with Gasteiger partial charge in [-0.05, 0) is 50.2 Å². The highest BCUT2D eigenvalue weighted by Gasteiger charge is 2.38. The van der Waals surface area contributed by atoms with E-state index >= 15 is 0 Å². The number of anilines is 1. The first-order chi connectivity index (χ1) is 9.20. The molecule has 0 bridgehead atoms. The molecule has 1 aliphatic heterocycles. The number of benzene rings is 1. The average Bonchev–Trinajstić information content (AvgIpc) is 2.63. The van der Waals surface area contributed by atoms with Crippen molar-refractivity contribution in [1.29, 1.82) is 0 Å². The number of para-hydroxylation sites is 1. The van der Waals surface area contributed by atoms with Crippen LogP contribution in [-0.2, 0) is 6.42 Å². The summed E-state index contributed by atoms with van der Waals surface area (Å²) in [4.78, 5) is 2.66. The molecule has 1 aromatic carbocycles. The second-order valence-electron chi connectivity index (χ2n) is 6.94. The van der Waals surface area contributed by atoms with E-state index in [1.54, 1.807) is 5.56 Å². The van der Waals surface area contributed by atoms with Crippen LogP contribution < -0.4 is 4.90 Å². The Hall–Kier alpha value is -0.980. The summed E-state index contributed by atoms with van der Waals surface area (Å²) >= 11 is 0. The largest absolute Gasteiger partial charge is 0.368 e. The molecule has 2 aliphatic rings. The molecule has 1 saturated carbocycles. The standard InChI is InChI=1S/C18H27N/c1-15(2)19-14-18(11-7-3-4-8-12-18)13-16-9-5-6-10-17(16)19/h5-6,9-10,15H,3-4,7-8,11-14H2,1-2H3. The average molecular weight is 257 g/mol. The Bertz CT molecular complexity index is 427. The number of hydrogen-bond acceptors (Lipinski definition) is 1. The topological polar surface area (TPSA) is 3.24 Å². The SMILES string of the molecule is CC(C)N1CC2(CCCCCC2)Cc2ccccc21. The van der Waals surface area contributed by atoms with Gasteiger partial charge in [0.15, 0.2) is 0 Å². The molecular formula is C18H27N. The number of hydrogen-bond donors (Lipinski definition) is 0. The molecule has 104 valence electrons. The maximum absolute atomic E-state index is 2.66. The molecule has 0 radical (unpaired) electrons. The lowest BCUT2D eigenvalue weighted by Gasteiger charge is -2.46. The minimum atomic E-state index is 0.565. The van der Waals surface area contributed by atoms with Gasteiger partial charge in [0.05, 0.1) is 0 Å². The summed E-state index contributed by atoms with van der Waals surface area (Å²) in [5.41, 5.74) is 3.64. The molecule has 0 amide bonds. The van der Waals surface area contributed by atoms with Gasteiger partial charge in [0, 0.05) is 18.3 Å². The number of nitrogens with zero attached hydrogens (tertiary/aromatic N) is 1. The van der Waals surface area contributed by atoms with Gasteiger partial charge in [-0.1, -0.05) is 43.9 Å². The summed E-state index contributed by atoms with van der Waals surface area (Å²) in [5, 5.41) is 0. The first kappa shape index (κ1) is 13.0. The van der Waals surface area contributed by atoms with Crippen molar-refractivity contribution in [2.75, 3.05) is 11.4 Å². The van der Waals surface area contributed by atoms with Crippen LogP contribution in [0.15, 0.2) is 24.3 Å². The van der Waals surface area contributed by atoms with Gasteiger partial charge in [-0.25, -0.2) is 0 Å². The summed E-state index contributed by atoms with van der Waals surface area (Å²) in [6.45, 7) is 5.96. The van der Waals surface area contributed by atoms with E-state index in [1.807, 2.05) is 0 Å². The van der Waals surface area contributed by atoms with Crippen LogP contribution in [0, 0.1) is 5.41 Å². The summed E-state index contributed by atoms with van der Waals surface area (Å²) in [7, 11) is 0. The van der Waals surface area contributed by atoms with E-state index in [-0.39, 0.29) is 0 Å². The van der Waals surface area contributed by atoms with E-state index in [2.05, 4.69) is 43.0 Å². The highest BCUT2D eigenvalue weighted by atomic mass is 15.2. The molecule has 1 nitrogen and oxygen atoms in total. The van der Waals surface area contributed by atoms with Gasteiger partial charge in [0.2, 0.25) is 0 Å². The Kier molecular flexibility index (Phi) is 3.56. The predicted molar refractivity (Wildman–Crippen MR) is 82.8 cm³/mol. The second kappa shape index (κ2) is 5.19. The smallest absolute Gasteiger partial charge is 0.0401 e. The third kappa shape index (κ3) is 2.52. The maximum atomic E-state index is 2.66. The van der Waals surface area contributed by atoms with Crippen molar-refractivity contribution in [3.63, 3.8) is 0 Å². The molecule has 1 heteroatoms. The Balaban J connectivity index is 1.95. The summed E-state index contributed by atoms with van der Waals surface area (Å²) in [6, 6.07) is 9.70. The maximum Gasteiger partial charge on any atom is 0.0401 e. The van der Waals surface area contributed by atoms with Crippen molar-refractivity contribution in [3.8, 4) is 0 Å². The van der Waals surface area contributed by atoms with Crippen LogP contribution in [-0.4, -0.2) is 12.6 Å². The van der Waals surface area contributed by atoms with E-state index in [0.29, 0.717) is 11.5 Å². The zero-order chi connectivity index (χ0) is 13.3. The third-order valence-corrected chi connectivity index (χ3v) is 5.16. The van der Waals surface area contributed by atoms with Crippen molar-refractivity contribution < 1.29 is 0 Å². The molecule has 1 aliphatic carbocycles. The van der Waals surface area contributed by atoms with E-state index in [1.165, 1.54) is 57.2 Å². The molecule has 1 heterocycles. The predicted octanol–water partition coefficient (Wildman–Crippen LogP) is 4.80. The Labute approximate surface area is 118 Å². The van der Waals surface area contributed by atoms with Crippen LogP contribution in [0.25, 0.3) is 0 Å². The van der Waals surface area contributed by atoms with Gasteiger partial charge >= 0.3 is 0 Å². The molecule has 0 atom stereocenters. The number of fused-ring (bicyclic) bond motifs is 1. The zero-order valence-corrected chi connectivity index (χ0v) is 12.5. The number of rotatable bonds is 1. The van der Waals surface area contributed by atoms with E-state index in [0.717, 1.165) is 0 Å². The van der Waals surface area contributed by atoms with E-state index < -0.39 is 0 Å². The van der Waals surface area contributed by atoms with Crippen LogP contribution in [0.2, 0.25) is 0 Å². The molecule has 1 spiro atoms. The first-order valence-electron chi connectivity index (χ1n) is 8.05. The van der Waals surface area contributed by atoms with Crippen molar-refractivity contribution in [3.05, 3.63) is 29.8 Å². The van der Waals surface area contributed by atoms with Gasteiger partial charge in [0.25, 0.3) is 0 Å². The highest BCUT2D eigenvalue weighted by Crippen LogP contribution is 2.45. The minimum Gasteiger partial charge on any atom is -0.368 e. The Morgan fingerprint density at radius 3 is 2.37 bits per heavy atom. The fourth-order valence-corrected chi connectivity index (χ4v) is 4.12. The fraction of sp³-hybridized carbons (Fsp3) is 0.667. The van der Waals surface area contributed by atoms with Crippen LogP contribution in [0.3, 0.4) is 0 Å². The molecule has 0 aromatic heterocycles. The minimum absolute atomic E-state index is 0.565. The van der Waals surface area contributed by atoms with Gasteiger partial charge in [-0.15, -0.1) is 0 Å². The summed E-state index contributed by atoms with van der Waals surface area (Å²) in [5.74, 6) is 0. The second-order valence-corrected chi connectivity index (χ2v) is 6.94. The summed E-state index contributed by atoms with van der Waals surface area (Å²) in [6.07, 6.45) is 9.96. The highest BCUT2D eigenvalue weighted by molar-refractivity contribution is 5.57. The van der Waals surface area contributed by atoms with Crippen molar-refractivity contribution >= 4 is 5.69 Å². The normalized spacial score (nSPS) is 22.4. The zero-order valence-electron chi connectivity index (χ0n) is 12.5. The third-order valence-electron chi connectivity index (χ3n) is 5.16. The van der Waals surface area contributed by atoms with Gasteiger partial charge < -0.3 is 4.90 Å². The molecule has 3 rings (SSSR count). The van der Waals surface area contributed by atoms with E-state index in [4.69, 9.17) is 0 Å². The van der Waals surface area contributed by atoms with Crippen molar-refractivity contribution in [2.45, 2.75) is 64.8 Å². The monoisotopic (exact) mass is 257 g/mol.